The monoisotopic (exact) mass is 209 g/mol. The first-order chi connectivity index (χ1) is 6.75. The molecule has 1 N–H and O–H groups in total. The second-order valence-electron chi connectivity index (χ2n) is 3.10. The average Bonchev–Trinajstić information content (AvgIpc) is 2.75. The van der Waals surface area contributed by atoms with E-state index in [9.17, 15) is 0 Å². The molecule has 0 saturated heterocycles. The van der Waals surface area contributed by atoms with E-state index in [-0.39, 0.29) is 6.04 Å². The summed E-state index contributed by atoms with van der Waals surface area (Å²) in [6, 6.07) is 0.228. The third-order valence-electron chi connectivity index (χ3n) is 1.94. The molecule has 0 aliphatic rings. The highest BCUT2D eigenvalue weighted by Gasteiger charge is 2.07. The highest BCUT2D eigenvalue weighted by Crippen LogP contribution is 2.19. The highest BCUT2D eigenvalue weighted by atomic mass is 32.1. The van der Waals surface area contributed by atoms with Crippen molar-refractivity contribution in [3.05, 3.63) is 24.2 Å². The first kappa shape index (κ1) is 9.14. The second kappa shape index (κ2) is 3.75. The molecule has 5 nitrogen and oxygen atoms in total. The van der Waals surface area contributed by atoms with Crippen molar-refractivity contribution in [1.29, 1.82) is 0 Å². The molecule has 0 fully saturated rings. The van der Waals surface area contributed by atoms with Gasteiger partial charge >= 0.3 is 0 Å². The van der Waals surface area contributed by atoms with E-state index in [0.29, 0.717) is 0 Å². The van der Waals surface area contributed by atoms with Gasteiger partial charge in [-0.25, -0.2) is 0 Å². The van der Waals surface area contributed by atoms with E-state index >= 15 is 0 Å². The number of rotatable bonds is 3. The van der Waals surface area contributed by atoms with Gasteiger partial charge in [-0.15, -0.1) is 5.10 Å². The number of hydrogen-bond donors (Lipinski definition) is 1. The van der Waals surface area contributed by atoms with Gasteiger partial charge in [-0.2, -0.15) is 5.10 Å². The molecule has 6 heteroatoms. The van der Waals surface area contributed by atoms with Gasteiger partial charge in [-0.3, -0.25) is 4.68 Å². The number of nitrogens with one attached hydrogen (secondary N) is 1. The maximum absolute atomic E-state index is 4.12. The van der Waals surface area contributed by atoms with Gasteiger partial charge in [0.2, 0.25) is 0 Å². The van der Waals surface area contributed by atoms with Crippen LogP contribution in [0.4, 0.5) is 5.00 Å². The van der Waals surface area contributed by atoms with E-state index in [1.165, 1.54) is 11.5 Å². The summed E-state index contributed by atoms with van der Waals surface area (Å²) in [5.74, 6) is 0. The third kappa shape index (κ3) is 1.90. The lowest BCUT2D eigenvalue weighted by Gasteiger charge is -2.09. The molecule has 0 spiro atoms. The first-order valence-corrected chi connectivity index (χ1v) is 5.05. The summed E-state index contributed by atoms with van der Waals surface area (Å²) in [7, 11) is 1.91. The lowest BCUT2D eigenvalue weighted by atomic mass is 10.2. The van der Waals surface area contributed by atoms with Crippen LogP contribution >= 0.6 is 11.5 Å². The summed E-state index contributed by atoms with van der Waals surface area (Å²) in [4.78, 5) is 0. The van der Waals surface area contributed by atoms with E-state index in [1.54, 1.807) is 10.9 Å². The molecule has 0 aliphatic carbocycles. The van der Waals surface area contributed by atoms with E-state index < -0.39 is 0 Å². The Morgan fingerprint density at radius 3 is 2.93 bits per heavy atom. The molecule has 0 aromatic carbocycles. The van der Waals surface area contributed by atoms with Crippen LogP contribution in [0.5, 0.6) is 0 Å². The molecule has 2 rings (SSSR count). The Hall–Kier alpha value is -1.43. The van der Waals surface area contributed by atoms with E-state index in [0.717, 1.165) is 10.6 Å². The van der Waals surface area contributed by atoms with Crippen LogP contribution in [-0.2, 0) is 7.05 Å². The maximum atomic E-state index is 4.12. The van der Waals surface area contributed by atoms with Crippen molar-refractivity contribution < 1.29 is 0 Å². The molecular weight excluding hydrogens is 198 g/mol. The predicted octanol–water partition coefficient (Wildman–Crippen LogP) is 1.44. The maximum Gasteiger partial charge on any atom is 0.130 e. The molecule has 2 aromatic rings. The standard InChI is InChI=1S/C8H11N5S/c1-6(7-3-10-13(2)5-7)11-8-4-9-12-14-8/h3-6,11H,1-2H3. The van der Waals surface area contributed by atoms with Crippen molar-refractivity contribution in [2.24, 2.45) is 7.05 Å². The Balaban J connectivity index is 2.06. The summed E-state index contributed by atoms with van der Waals surface area (Å²) in [5, 5.41) is 12.1. The smallest absolute Gasteiger partial charge is 0.130 e. The third-order valence-corrected chi connectivity index (χ3v) is 2.54. The van der Waals surface area contributed by atoms with Crippen molar-refractivity contribution in [3.63, 3.8) is 0 Å². The molecule has 2 aromatic heterocycles. The van der Waals surface area contributed by atoms with Gasteiger partial charge in [-0.05, 0) is 6.92 Å². The normalized spacial score (nSPS) is 12.7. The zero-order chi connectivity index (χ0) is 9.97. The number of anilines is 1. The molecule has 0 saturated carbocycles. The molecule has 1 unspecified atom stereocenters. The van der Waals surface area contributed by atoms with Crippen LogP contribution in [-0.4, -0.2) is 19.4 Å². The molecule has 0 amide bonds. The lowest BCUT2D eigenvalue weighted by molar-refractivity contribution is 0.765. The Morgan fingerprint density at radius 2 is 2.36 bits per heavy atom. The van der Waals surface area contributed by atoms with Crippen LogP contribution < -0.4 is 5.32 Å². The molecule has 74 valence electrons. The topological polar surface area (TPSA) is 55.6 Å². The summed E-state index contributed by atoms with van der Waals surface area (Å²) < 4.78 is 5.57. The Bertz CT molecular complexity index is 394. The average molecular weight is 209 g/mol. The van der Waals surface area contributed by atoms with Gasteiger partial charge in [0.05, 0.1) is 18.4 Å². The van der Waals surface area contributed by atoms with Crippen molar-refractivity contribution in [1.82, 2.24) is 19.4 Å². The number of aromatic nitrogens is 4. The molecular formula is C8H11N5S. The van der Waals surface area contributed by atoms with Crippen LogP contribution in [0.25, 0.3) is 0 Å². The quantitative estimate of drug-likeness (QED) is 0.831. The summed E-state index contributed by atoms with van der Waals surface area (Å²) >= 11 is 1.35. The minimum absolute atomic E-state index is 0.228. The van der Waals surface area contributed by atoms with E-state index in [2.05, 4.69) is 26.9 Å². The van der Waals surface area contributed by atoms with Crippen LogP contribution in [0.3, 0.4) is 0 Å². The number of hydrogen-bond acceptors (Lipinski definition) is 5. The minimum atomic E-state index is 0.228. The highest BCUT2D eigenvalue weighted by molar-refractivity contribution is 7.09. The van der Waals surface area contributed by atoms with Gasteiger partial charge < -0.3 is 5.32 Å². The predicted molar refractivity (Wildman–Crippen MR) is 55.2 cm³/mol. The van der Waals surface area contributed by atoms with Crippen LogP contribution in [0, 0.1) is 0 Å². The molecule has 0 bridgehead atoms. The fourth-order valence-corrected chi connectivity index (χ4v) is 1.70. The zero-order valence-electron chi connectivity index (χ0n) is 8.01. The molecule has 14 heavy (non-hydrogen) atoms. The largest absolute Gasteiger partial charge is 0.368 e. The van der Waals surface area contributed by atoms with Crippen molar-refractivity contribution in [3.8, 4) is 0 Å². The Morgan fingerprint density at radius 1 is 1.50 bits per heavy atom. The van der Waals surface area contributed by atoms with Crippen molar-refractivity contribution in [2.75, 3.05) is 5.32 Å². The SMILES string of the molecule is CC(Nc1cnns1)c1cnn(C)c1. The molecule has 0 radical (unpaired) electrons. The zero-order valence-corrected chi connectivity index (χ0v) is 8.82. The van der Waals surface area contributed by atoms with Gasteiger partial charge in [-0.1, -0.05) is 4.49 Å². The van der Waals surface area contributed by atoms with Gasteiger partial charge in [0, 0.05) is 30.3 Å². The van der Waals surface area contributed by atoms with Crippen LogP contribution in [0.1, 0.15) is 18.5 Å². The number of nitrogens with zero attached hydrogens (tertiary/aromatic N) is 4. The molecule has 0 aliphatic heterocycles. The van der Waals surface area contributed by atoms with Gasteiger partial charge in [0.25, 0.3) is 0 Å². The fourth-order valence-electron chi connectivity index (χ4n) is 1.19. The van der Waals surface area contributed by atoms with Gasteiger partial charge in [0.1, 0.15) is 5.00 Å². The Labute approximate surface area is 85.9 Å². The number of aryl methyl sites for hydroxylation is 1. The summed E-state index contributed by atoms with van der Waals surface area (Å²) in [6.07, 6.45) is 5.57. The van der Waals surface area contributed by atoms with Crippen molar-refractivity contribution in [2.45, 2.75) is 13.0 Å². The van der Waals surface area contributed by atoms with Crippen molar-refractivity contribution >= 4 is 16.5 Å². The summed E-state index contributed by atoms with van der Waals surface area (Å²) in [6.45, 7) is 2.08. The minimum Gasteiger partial charge on any atom is -0.368 e. The van der Waals surface area contributed by atoms with Crippen LogP contribution in [0.15, 0.2) is 18.6 Å². The Kier molecular flexibility index (Phi) is 2.45. The first-order valence-electron chi connectivity index (χ1n) is 4.28. The lowest BCUT2D eigenvalue weighted by Crippen LogP contribution is -2.04. The van der Waals surface area contributed by atoms with Gasteiger partial charge in [0.15, 0.2) is 0 Å². The fraction of sp³-hybridized carbons (Fsp3) is 0.375. The second-order valence-corrected chi connectivity index (χ2v) is 3.88. The van der Waals surface area contributed by atoms with E-state index in [4.69, 9.17) is 0 Å². The van der Waals surface area contributed by atoms with E-state index in [1.807, 2.05) is 19.4 Å². The molecule has 2 heterocycles. The van der Waals surface area contributed by atoms with Crippen LogP contribution in [0.2, 0.25) is 0 Å². The molecule has 1 atom stereocenters. The summed E-state index contributed by atoms with van der Waals surface area (Å²) in [5.41, 5.74) is 1.15.